The fourth-order valence-corrected chi connectivity index (χ4v) is 4.46. The molecule has 3 aromatic carbocycles. The average Bonchev–Trinajstić information content (AvgIpc) is 3.30. The number of benzene rings is 3. The highest BCUT2D eigenvalue weighted by molar-refractivity contribution is 6.03. The van der Waals surface area contributed by atoms with Crippen LogP contribution in [0.25, 0.3) is 0 Å². The molecule has 1 aliphatic heterocycles. The van der Waals surface area contributed by atoms with Crippen LogP contribution in [0.1, 0.15) is 39.0 Å². The Morgan fingerprint density at radius 2 is 1.74 bits per heavy atom. The quantitative estimate of drug-likeness (QED) is 0.317. The number of nitrogens with zero attached hydrogens (tertiary/aromatic N) is 1. The number of hydrogen-bond donors (Lipinski definition) is 2. The minimum Gasteiger partial charge on any atom is -0.465 e. The summed E-state index contributed by atoms with van der Waals surface area (Å²) in [5, 5.41) is 5.47. The van der Waals surface area contributed by atoms with Gasteiger partial charge in [0.25, 0.3) is 0 Å². The number of ether oxygens (including phenoxy) is 1. The fraction of sp³-hybridized carbons (Fsp3) is 0.267. The Morgan fingerprint density at radius 1 is 0.974 bits per heavy atom. The Hall–Kier alpha value is -4.46. The number of cyclic esters (lactones) is 1. The Labute approximate surface area is 222 Å². The van der Waals surface area contributed by atoms with E-state index >= 15 is 0 Å². The summed E-state index contributed by atoms with van der Waals surface area (Å²) >= 11 is 0. The van der Waals surface area contributed by atoms with E-state index in [1.807, 2.05) is 49.4 Å². The van der Waals surface area contributed by atoms with E-state index in [4.69, 9.17) is 4.74 Å². The number of aryl methyl sites for hydroxylation is 1. The number of likely N-dealkylation sites (N-methyl/N-ethyl adjacent to an activating group) is 1. The van der Waals surface area contributed by atoms with Crippen LogP contribution < -0.4 is 10.6 Å². The maximum atomic E-state index is 12.9. The molecule has 0 bridgehead atoms. The first-order valence-corrected chi connectivity index (χ1v) is 12.5. The molecule has 1 unspecified atom stereocenters. The molecule has 4 rings (SSSR count). The SMILES string of the molecule is Cc1ccccc1NC(=O)Nc1ccc(CC(=O)N(C)Cc2cccc(CC3CCOC3=O)c2)cc1C=O. The van der Waals surface area contributed by atoms with E-state index in [9.17, 15) is 19.2 Å². The van der Waals surface area contributed by atoms with Gasteiger partial charge in [-0.05, 0) is 60.2 Å². The first kappa shape index (κ1) is 26.6. The number of aldehydes is 1. The minimum absolute atomic E-state index is 0.107. The van der Waals surface area contributed by atoms with Crippen LogP contribution in [0.4, 0.5) is 16.2 Å². The Balaban J connectivity index is 1.35. The van der Waals surface area contributed by atoms with Gasteiger partial charge in [-0.3, -0.25) is 14.4 Å². The molecule has 3 amide bonds. The zero-order valence-electron chi connectivity index (χ0n) is 21.5. The number of esters is 1. The van der Waals surface area contributed by atoms with Gasteiger partial charge in [-0.2, -0.15) is 0 Å². The van der Waals surface area contributed by atoms with Gasteiger partial charge in [-0.15, -0.1) is 0 Å². The van der Waals surface area contributed by atoms with Crippen molar-refractivity contribution in [2.45, 2.75) is 32.7 Å². The molecular weight excluding hydrogens is 482 g/mol. The third-order valence-electron chi connectivity index (χ3n) is 6.60. The van der Waals surface area contributed by atoms with Crippen molar-refractivity contribution in [2.75, 3.05) is 24.3 Å². The lowest BCUT2D eigenvalue weighted by molar-refractivity contribution is -0.141. The van der Waals surface area contributed by atoms with Crippen LogP contribution in [0.15, 0.2) is 66.7 Å². The summed E-state index contributed by atoms with van der Waals surface area (Å²) in [6.45, 7) is 2.78. The molecule has 196 valence electrons. The number of amides is 3. The number of nitrogens with one attached hydrogen (secondary N) is 2. The number of para-hydroxylation sites is 1. The van der Waals surface area contributed by atoms with Gasteiger partial charge < -0.3 is 20.3 Å². The van der Waals surface area contributed by atoms with Crippen molar-refractivity contribution in [1.82, 2.24) is 4.90 Å². The van der Waals surface area contributed by atoms with Crippen LogP contribution >= 0.6 is 0 Å². The molecule has 1 atom stereocenters. The summed E-state index contributed by atoms with van der Waals surface area (Å²) < 4.78 is 5.05. The van der Waals surface area contributed by atoms with Crippen molar-refractivity contribution in [2.24, 2.45) is 5.92 Å². The molecule has 0 aromatic heterocycles. The van der Waals surface area contributed by atoms with Crippen molar-refractivity contribution in [3.8, 4) is 0 Å². The predicted molar refractivity (Wildman–Crippen MR) is 145 cm³/mol. The first-order chi connectivity index (χ1) is 18.3. The summed E-state index contributed by atoms with van der Waals surface area (Å²) in [6.07, 6.45) is 2.13. The van der Waals surface area contributed by atoms with Crippen LogP contribution in [-0.2, 0) is 33.7 Å². The predicted octanol–water partition coefficient (Wildman–Crippen LogP) is 4.76. The van der Waals surface area contributed by atoms with Gasteiger partial charge >= 0.3 is 12.0 Å². The molecule has 0 spiro atoms. The van der Waals surface area contributed by atoms with Gasteiger partial charge in [-0.1, -0.05) is 48.5 Å². The molecule has 0 aliphatic carbocycles. The molecule has 1 fully saturated rings. The second-order valence-electron chi connectivity index (χ2n) is 9.54. The van der Waals surface area contributed by atoms with Gasteiger partial charge in [-0.25, -0.2) is 4.79 Å². The van der Waals surface area contributed by atoms with Crippen LogP contribution in [0.5, 0.6) is 0 Å². The molecule has 1 saturated heterocycles. The Morgan fingerprint density at radius 3 is 2.47 bits per heavy atom. The lowest BCUT2D eigenvalue weighted by atomic mass is 9.97. The topological polar surface area (TPSA) is 105 Å². The van der Waals surface area contributed by atoms with Crippen molar-refractivity contribution in [1.29, 1.82) is 0 Å². The van der Waals surface area contributed by atoms with E-state index in [0.29, 0.717) is 42.8 Å². The summed E-state index contributed by atoms with van der Waals surface area (Å²) in [7, 11) is 1.73. The second-order valence-corrected chi connectivity index (χ2v) is 9.54. The third-order valence-corrected chi connectivity index (χ3v) is 6.60. The molecule has 8 nitrogen and oxygen atoms in total. The highest BCUT2D eigenvalue weighted by atomic mass is 16.5. The summed E-state index contributed by atoms with van der Waals surface area (Å²) in [4.78, 5) is 50.5. The third kappa shape index (κ3) is 6.85. The smallest absolute Gasteiger partial charge is 0.323 e. The highest BCUT2D eigenvalue weighted by Gasteiger charge is 2.26. The first-order valence-electron chi connectivity index (χ1n) is 12.5. The maximum Gasteiger partial charge on any atom is 0.323 e. The Kier molecular flexibility index (Phi) is 8.53. The number of carbonyl (C=O) groups excluding carboxylic acids is 4. The van der Waals surface area contributed by atoms with Gasteiger partial charge in [0, 0.05) is 24.8 Å². The standard InChI is InChI=1S/C30H31N3O5/c1-20-6-3-4-9-26(20)31-30(37)32-27-11-10-22(16-25(27)19-34)17-28(35)33(2)18-23-8-5-7-21(14-23)15-24-12-13-38-29(24)36/h3-11,14,16,19,24H,12-13,15,17-18H2,1-2H3,(H2,31,32,37). The van der Waals surface area contributed by atoms with Crippen LogP contribution in [0.2, 0.25) is 0 Å². The minimum atomic E-state index is -0.460. The highest BCUT2D eigenvalue weighted by Crippen LogP contribution is 2.22. The number of urea groups is 1. The number of rotatable bonds is 9. The van der Waals surface area contributed by atoms with E-state index in [2.05, 4.69) is 10.6 Å². The molecule has 0 radical (unpaired) electrons. The van der Waals surface area contributed by atoms with E-state index in [1.54, 1.807) is 36.2 Å². The monoisotopic (exact) mass is 513 g/mol. The van der Waals surface area contributed by atoms with Crippen molar-refractivity contribution in [3.63, 3.8) is 0 Å². The summed E-state index contributed by atoms with van der Waals surface area (Å²) in [5.74, 6) is -0.363. The van der Waals surface area contributed by atoms with E-state index in [0.717, 1.165) is 23.1 Å². The van der Waals surface area contributed by atoms with Gasteiger partial charge in [0.05, 0.1) is 24.6 Å². The van der Waals surface area contributed by atoms with Crippen molar-refractivity contribution < 1.29 is 23.9 Å². The van der Waals surface area contributed by atoms with E-state index in [1.165, 1.54) is 0 Å². The molecule has 1 heterocycles. The van der Waals surface area contributed by atoms with Crippen LogP contribution in [0, 0.1) is 12.8 Å². The number of hydrogen-bond acceptors (Lipinski definition) is 5. The molecule has 3 aromatic rings. The van der Waals surface area contributed by atoms with Gasteiger partial charge in [0.1, 0.15) is 0 Å². The van der Waals surface area contributed by atoms with Crippen LogP contribution in [0.3, 0.4) is 0 Å². The summed E-state index contributed by atoms with van der Waals surface area (Å²) in [6, 6.07) is 19.8. The molecular formula is C30H31N3O5. The summed E-state index contributed by atoms with van der Waals surface area (Å²) in [5.41, 5.74) is 4.92. The molecule has 2 N–H and O–H groups in total. The van der Waals surface area contributed by atoms with E-state index in [-0.39, 0.29) is 29.8 Å². The number of anilines is 2. The maximum absolute atomic E-state index is 12.9. The lowest BCUT2D eigenvalue weighted by Gasteiger charge is -2.18. The zero-order valence-corrected chi connectivity index (χ0v) is 21.5. The normalized spacial score (nSPS) is 14.5. The second kappa shape index (κ2) is 12.2. The van der Waals surface area contributed by atoms with Crippen molar-refractivity contribution >= 4 is 35.6 Å². The number of carbonyl (C=O) groups is 4. The van der Waals surface area contributed by atoms with Crippen molar-refractivity contribution in [3.05, 3.63) is 94.5 Å². The van der Waals surface area contributed by atoms with E-state index < -0.39 is 6.03 Å². The molecule has 38 heavy (non-hydrogen) atoms. The largest absolute Gasteiger partial charge is 0.465 e. The van der Waals surface area contributed by atoms with Gasteiger partial charge in [0.2, 0.25) is 5.91 Å². The van der Waals surface area contributed by atoms with Gasteiger partial charge in [0.15, 0.2) is 6.29 Å². The zero-order chi connectivity index (χ0) is 27.1. The fourth-order valence-electron chi connectivity index (χ4n) is 4.46. The molecule has 1 aliphatic rings. The average molecular weight is 514 g/mol. The Bertz CT molecular complexity index is 1350. The molecule has 8 heteroatoms. The lowest BCUT2D eigenvalue weighted by Crippen LogP contribution is -2.28. The van der Waals surface area contributed by atoms with Crippen LogP contribution in [-0.4, -0.2) is 42.7 Å². The molecule has 0 saturated carbocycles.